The maximum Gasteiger partial charge on any atom is 0.329 e. The zero-order valence-electron chi connectivity index (χ0n) is 17.6. The molecule has 1 atom stereocenters. The molecule has 31 heavy (non-hydrogen) atoms. The number of rotatable bonds is 9. The van der Waals surface area contributed by atoms with Crippen LogP contribution in [0.3, 0.4) is 0 Å². The third-order valence-corrected chi connectivity index (χ3v) is 4.44. The number of hydrogen-bond acceptors (Lipinski definition) is 7. The van der Waals surface area contributed by atoms with E-state index in [1.165, 1.54) is 22.4 Å². The van der Waals surface area contributed by atoms with E-state index < -0.39 is 17.4 Å². The molecule has 0 fully saturated rings. The molecule has 10 nitrogen and oxygen atoms in total. The molecular formula is C21H26N6O4. The molecule has 2 aromatic heterocycles. The lowest BCUT2D eigenvalue weighted by atomic mass is 10.2. The Bertz CT molecular complexity index is 1190. The highest BCUT2D eigenvalue weighted by atomic mass is 16.5. The van der Waals surface area contributed by atoms with E-state index in [9.17, 15) is 14.7 Å². The normalized spacial score (nSPS) is 13.1. The van der Waals surface area contributed by atoms with Crippen molar-refractivity contribution >= 4 is 29.4 Å². The van der Waals surface area contributed by atoms with Gasteiger partial charge in [0, 0.05) is 13.3 Å². The lowest BCUT2D eigenvalue weighted by Crippen LogP contribution is -2.30. The first-order valence-electron chi connectivity index (χ1n) is 9.86. The number of H-pyrrole nitrogens is 1. The van der Waals surface area contributed by atoms with Crippen LogP contribution in [0.15, 0.2) is 51.1 Å². The van der Waals surface area contributed by atoms with Gasteiger partial charge in [-0.1, -0.05) is 36.4 Å². The summed E-state index contributed by atoms with van der Waals surface area (Å²) in [5.74, 6) is 0.217. The number of aliphatic hydroxyl groups is 1. The lowest BCUT2D eigenvalue weighted by Gasteiger charge is -2.15. The van der Waals surface area contributed by atoms with Crippen LogP contribution in [-0.4, -0.2) is 49.2 Å². The third-order valence-electron chi connectivity index (χ3n) is 4.44. The highest BCUT2D eigenvalue weighted by Gasteiger charge is 2.19. The van der Waals surface area contributed by atoms with Crippen LogP contribution in [0.25, 0.3) is 17.2 Å². The summed E-state index contributed by atoms with van der Waals surface area (Å²) in [6, 6.07) is 9.74. The van der Waals surface area contributed by atoms with E-state index in [1.54, 1.807) is 6.08 Å². The van der Waals surface area contributed by atoms with E-state index in [-0.39, 0.29) is 36.4 Å². The van der Waals surface area contributed by atoms with Crippen molar-refractivity contribution in [3.63, 3.8) is 0 Å². The molecule has 0 spiro atoms. The van der Waals surface area contributed by atoms with Crippen LogP contribution in [0.1, 0.15) is 19.4 Å². The van der Waals surface area contributed by atoms with E-state index in [4.69, 9.17) is 4.74 Å². The number of allylic oxidation sites excluding steroid dienone is 1. The average molecular weight is 426 g/mol. The Kier molecular flexibility index (Phi) is 7.16. The molecule has 0 amide bonds. The Morgan fingerprint density at radius 1 is 1.29 bits per heavy atom. The molecule has 3 N–H and O–H groups in total. The van der Waals surface area contributed by atoms with Crippen LogP contribution in [0.5, 0.6) is 0 Å². The first-order chi connectivity index (χ1) is 14.9. The minimum absolute atomic E-state index is 0.0300. The minimum atomic E-state index is -0.890. The van der Waals surface area contributed by atoms with Crippen LogP contribution in [-0.2, 0) is 18.3 Å². The monoisotopic (exact) mass is 426 g/mol. The molecule has 0 bridgehead atoms. The van der Waals surface area contributed by atoms with Gasteiger partial charge in [-0.15, -0.1) is 0 Å². The molecule has 2 heterocycles. The van der Waals surface area contributed by atoms with Crippen molar-refractivity contribution in [3.8, 4) is 0 Å². The molecule has 0 radical (unpaired) electrons. The molecular weight excluding hydrogens is 400 g/mol. The second-order valence-electron chi connectivity index (χ2n) is 7.23. The fourth-order valence-corrected chi connectivity index (χ4v) is 2.92. The van der Waals surface area contributed by atoms with Gasteiger partial charge >= 0.3 is 5.69 Å². The maximum absolute atomic E-state index is 12.4. The van der Waals surface area contributed by atoms with Crippen molar-refractivity contribution in [1.29, 1.82) is 0 Å². The van der Waals surface area contributed by atoms with Gasteiger partial charge in [-0.05, 0) is 25.5 Å². The average Bonchev–Trinajstić information content (AvgIpc) is 3.10. The zero-order chi connectivity index (χ0) is 22.4. The Balaban J connectivity index is 1.88. The van der Waals surface area contributed by atoms with Crippen LogP contribution >= 0.6 is 0 Å². The van der Waals surface area contributed by atoms with Crippen molar-refractivity contribution in [2.24, 2.45) is 12.1 Å². The summed E-state index contributed by atoms with van der Waals surface area (Å²) in [7, 11) is 1.51. The first kappa shape index (κ1) is 22.2. The van der Waals surface area contributed by atoms with Crippen LogP contribution in [0.4, 0.5) is 5.95 Å². The Morgan fingerprint density at radius 2 is 2.03 bits per heavy atom. The standard InChI is InChI=1S/C21H26N6O4/c1-14(2)31-13-16(28)12-27-17-18(26(3)21(30)24-19(17)29)23-20(27)25-22-11-7-10-15-8-5-4-6-9-15/h4-11,14,16,28H,12-13H2,1-3H3,(H,23,25)(H,24,29,30)/b10-7+,22-11+. The Hall–Kier alpha value is -3.50. The number of aliphatic hydroxyl groups excluding tert-OH is 1. The number of aromatic amines is 1. The molecule has 0 aliphatic carbocycles. The number of imidazole rings is 1. The molecule has 3 rings (SSSR count). The van der Waals surface area contributed by atoms with Crippen molar-refractivity contribution in [2.75, 3.05) is 12.0 Å². The molecule has 0 aliphatic rings. The summed E-state index contributed by atoms with van der Waals surface area (Å²) < 4.78 is 8.17. The first-order valence-corrected chi connectivity index (χ1v) is 9.86. The summed E-state index contributed by atoms with van der Waals surface area (Å²) in [5, 5.41) is 14.5. The molecule has 10 heteroatoms. The second-order valence-corrected chi connectivity index (χ2v) is 7.23. The van der Waals surface area contributed by atoms with E-state index >= 15 is 0 Å². The van der Waals surface area contributed by atoms with Gasteiger partial charge in [0.25, 0.3) is 5.56 Å². The lowest BCUT2D eigenvalue weighted by molar-refractivity contribution is -0.000105. The molecule has 0 saturated heterocycles. The number of hydrogen-bond donors (Lipinski definition) is 3. The van der Waals surface area contributed by atoms with E-state index in [1.807, 2.05) is 50.3 Å². The zero-order valence-corrected chi connectivity index (χ0v) is 17.6. The van der Waals surface area contributed by atoms with E-state index in [0.29, 0.717) is 0 Å². The predicted octanol–water partition coefficient (Wildman–Crippen LogP) is 1.32. The largest absolute Gasteiger partial charge is 0.389 e. The number of aryl methyl sites for hydroxylation is 1. The summed E-state index contributed by atoms with van der Waals surface area (Å²) in [4.78, 5) is 31.0. The number of ether oxygens (including phenoxy) is 1. The molecule has 164 valence electrons. The van der Waals surface area contributed by atoms with Crippen molar-refractivity contribution < 1.29 is 9.84 Å². The van der Waals surface area contributed by atoms with Crippen molar-refractivity contribution in [2.45, 2.75) is 32.6 Å². The molecule has 1 aromatic carbocycles. The molecule has 1 unspecified atom stereocenters. The van der Waals surface area contributed by atoms with Gasteiger partial charge in [0.15, 0.2) is 11.2 Å². The van der Waals surface area contributed by atoms with Crippen LogP contribution < -0.4 is 16.7 Å². The topological polar surface area (TPSA) is 127 Å². The van der Waals surface area contributed by atoms with Gasteiger partial charge in [-0.3, -0.25) is 14.3 Å². The summed E-state index contributed by atoms with van der Waals surface area (Å²) in [6.45, 7) is 3.85. The van der Waals surface area contributed by atoms with Crippen molar-refractivity contribution in [1.82, 2.24) is 19.1 Å². The number of hydrazone groups is 1. The molecule has 0 saturated carbocycles. The van der Waals surface area contributed by atoms with Gasteiger partial charge in [0.05, 0.1) is 25.4 Å². The van der Waals surface area contributed by atoms with E-state index in [0.717, 1.165) is 5.56 Å². The number of fused-ring (bicyclic) bond motifs is 1. The SMILES string of the molecule is CC(C)OCC(O)Cn1c(N/N=C/C=C/c2ccccc2)nc2c1c(=O)[nH]c(=O)n2C. The van der Waals surface area contributed by atoms with Gasteiger partial charge in [0.1, 0.15) is 0 Å². The van der Waals surface area contributed by atoms with Crippen molar-refractivity contribution in [3.05, 3.63) is 62.8 Å². The highest BCUT2D eigenvalue weighted by molar-refractivity contribution is 5.79. The van der Waals surface area contributed by atoms with Gasteiger partial charge in [0.2, 0.25) is 5.95 Å². The smallest absolute Gasteiger partial charge is 0.329 e. The van der Waals surface area contributed by atoms with Gasteiger partial charge in [-0.2, -0.15) is 10.1 Å². The number of aromatic nitrogens is 4. The predicted molar refractivity (Wildman–Crippen MR) is 120 cm³/mol. The highest BCUT2D eigenvalue weighted by Crippen LogP contribution is 2.16. The minimum Gasteiger partial charge on any atom is -0.389 e. The maximum atomic E-state index is 12.4. The van der Waals surface area contributed by atoms with Gasteiger partial charge in [-0.25, -0.2) is 10.2 Å². The Labute approximate surface area is 178 Å². The summed E-state index contributed by atoms with van der Waals surface area (Å²) in [6.07, 6.45) is 4.24. The number of nitrogens with zero attached hydrogens (tertiary/aromatic N) is 4. The number of anilines is 1. The summed E-state index contributed by atoms with van der Waals surface area (Å²) in [5.41, 5.74) is 2.98. The van der Waals surface area contributed by atoms with Crippen LogP contribution in [0, 0.1) is 0 Å². The quantitative estimate of drug-likeness (QED) is 0.350. The third kappa shape index (κ3) is 5.56. The van der Waals surface area contributed by atoms with E-state index in [2.05, 4.69) is 20.5 Å². The van der Waals surface area contributed by atoms with Crippen LogP contribution in [0.2, 0.25) is 0 Å². The van der Waals surface area contributed by atoms with Gasteiger partial charge < -0.3 is 14.4 Å². The number of benzene rings is 1. The molecule has 0 aliphatic heterocycles. The Morgan fingerprint density at radius 3 is 2.74 bits per heavy atom. The number of nitrogens with one attached hydrogen (secondary N) is 2. The molecule has 3 aromatic rings. The second kappa shape index (κ2) is 10.0. The summed E-state index contributed by atoms with van der Waals surface area (Å²) >= 11 is 0. The fraction of sp³-hybridized carbons (Fsp3) is 0.333. The fourth-order valence-electron chi connectivity index (χ4n) is 2.92.